The summed E-state index contributed by atoms with van der Waals surface area (Å²) >= 11 is 0. The number of aromatic nitrogens is 3. The van der Waals surface area contributed by atoms with Gasteiger partial charge in [0.25, 0.3) is 5.56 Å². The standard InChI is InChI=1S/C24H22N4O6/c1-31-19-6-4-16(10-21(19)32-2)17-11-18-24(30)27(7-8-28(18)26-17)13-23(29)25-12-15-3-5-20-22(9-15)34-14-33-20/h3-11H,12-14H2,1-2H3,(H,25,29). The highest BCUT2D eigenvalue weighted by molar-refractivity contribution is 5.76. The zero-order valence-corrected chi connectivity index (χ0v) is 18.6. The first-order chi connectivity index (χ1) is 16.6. The van der Waals surface area contributed by atoms with Crippen molar-refractivity contribution in [3.63, 3.8) is 0 Å². The Bertz CT molecular complexity index is 1440. The molecule has 3 heterocycles. The molecule has 2 aromatic carbocycles. The summed E-state index contributed by atoms with van der Waals surface area (Å²) in [7, 11) is 3.12. The summed E-state index contributed by atoms with van der Waals surface area (Å²) in [6.07, 6.45) is 3.19. The molecule has 0 radical (unpaired) electrons. The van der Waals surface area contributed by atoms with Crippen LogP contribution in [-0.2, 0) is 17.9 Å². The number of methoxy groups -OCH3 is 2. The molecule has 1 aliphatic heterocycles. The first-order valence-electron chi connectivity index (χ1n) is 10.5. The Labute approximate surface area is 194 Å². The second-order valence-electron chi connectivity index (χ2n) is 7.62. The fourth-order valence-electron chi connectivity index (χ4n) is 3.75. The van der Waals surface area contributed by atoms with E-state index in [1.165, 1.54) is 9.08 Å². The minimum absolute atomic E-state index is 0.114. The molecule has 0 unspecified atom stereocenters. The van der Waals surface area contributed by atoms with Crippen LogP contribution in [0.2, 0.25) is 0 Å². The quantitative estimate of drug-likeness (QED) is 0.449. The van der Waals surface area contributed by atoms with Crippen molar-refractivity contribution in [2.24, 2.45) is 0 Å². The van der Waals surface area contributed by atoms with Gasteiger partial charge in [-0.25, -0.2) is 4.52 Å². The van der Waals surface area contributed by atoms with Gasteiger partial charge in [0.1, 0.15) is 12.1 Å². The number of nitrogens with one attached hydrogen (secondary N) is 1. The summed E-state index contributed by atoms with van der Waals surface area (Å²) < 4.78 is 24.1. The Morgan fingerprint density at radius 1 is 1.03 bits per heavy atom. The molecule has 10 nitrogen and oxygen atoms in total. The Hall–Kier alpha value is -4.47. The van der Waals surface area contributed by atoms with Crippen LogP contribution in [0.5, 0.6) is 23.0 Å². The number of hydrogen-bond acceptors (Lipinski definition) is 7. The third-order valence-corrected chi connectivity index (χ3v) is 5.52. The third kappa shape index (κ3) is 4.01. The molecule has 1 aliphatic rings. The molecule has 1 amide bonds. The van der Waals surface area contributed by atoms with E-state index in [0.717, 1.165) is 11.1 Å². The first kappa shape index (κ1) is 21.4. The molecule has 2 aromatic heterocycles. The average molecular weight is 462 g/mol. The van der Waals surface area contributed by atoms with Gasteiger partial charge in [-0.1, -0.05) is 6.07 Å². The maximum atomic E-state index is 13.0. The topological polar surface area (TPSA) is 105 Å². The van der Waals surface area contributed by atoms with Crippen molar-refractivity contribution >= 4 is 11.4 Å². The molecule has 0 bridgehead atoms. The number of carbonyl (C=O) groups excluding carboxylic acids is 1. The molecular weight excluding hydrogens is 440 g/mol. The molecule has 5 rings (SSSR count). The number of nitrogens with zero attached hydrogens (tertiary/aromatic N) is 3. The predicted molar refractivity (Wildman–Crippen MR) is 122 cm³/mol. The Morgan fingerprint density at radius 2 is 1.85 bits per heavy atom. The van der Waals surface area contributed by atoms with E-state index in [1.54, 1.807) is 50.9 Å². The van der Waals surface area contributed by atoms with E-state index >= 15 is 0 Å². The summed E-state index contributed by atoms with van der Waals surface area (Å²) in [5.74, 6) is 2.21. The number of rotatable bonds is 7. The van der Waals surface area contributed by atoms with Crippen LogP contribution in [0.4, 0.5) is 0 Å². The van der Waals surface area contributed by atoms with Gasteiger partial charge in [0.15, 0.2) is 23.0 Å². The van der Waals surface area contributed by atoms with Crippen LogP contribution in [0.1, 0.15) is 5.56 Å². The third-order valence-electron chi connectivity index (χ3n) is 5.52. The van der Waals surface area contributed by atoms with Gasteiger partial charge in [0, 0.05) is 24.5 Å². The lowest BCUT2D eigenvalue weighted by Crippen LogP contribution is -2.32. The highest BCUT2D eigenvalue weighted by Gasteiger charge is 2.15. The van der Waals surface area contributed by atoms with Gasteiger partial charge < -0.3 is 28.8 Å². The molecular formula is C24H22N4O6. The van der Waals surface area contributed by atoms with Crippen molar-refractivity contribution in [1.29, 1.82) is 0 Å². The molecule has 0 aliphatic carbocycles. The number of fused-ring (bicyclic) bond motifs is 2. The van der Waals surface area contributed by atoms with E-state index < -0.39 is 0 Å². The van der Waals surface area contributed by atoms with Gasteiger partial charge in [0.05, 0.1) is 19.9 Å². The number of carbonyl (C=O) groups is 1. The molecule has 0 saturated carbocycles. The van der Waals surface area contributed by atoms with Crippen molar-refractivity contribution in [2.45, 2.75) is 13.1 Å². The van der Waals surface area contributed by atoms with Crippen LogP contribution < -0.4 is 29.8 Å². The normalized spacial score (nSPS) is 12.1. The highest BCUT2D eigenvalue weighted by atomic mass is 16.7. The minimum Gasteiger partial charge on any atom is -0.493 e. The Morgan fingerprint density at radius 3 is 2.68 bits per heavy atom. The predicted octanol–water partition coefficient (Wildman–Crippen LogP) is 2.23. The molecule has 1 N–H and O–H groups in total. The zero-order chi connectivity index (χ0) is 23.7. The van der Waals surface area contributed by atoms with E-state index in [2.05, 4.69) is 10.4 Å². The average Bonchev–Trinajstić information content (AvgIpc) is 3.51. The van der Waals surface area contributed by atoms with Gasteiger partial charge in [-0.2, -0.15) is 5.10 Å². The van der Waals surface area contributed by atoms with Crippen molar-refractivity contribution in [3.8, 4) is 34.3 Å². The van der Waals surface area contributed by atoms with Gasteiger partial charge in [0.2, 0.25) is 12.7 Å². The smallest absolute Gasteiger partial charge is 0.277 e. The molecule has 0 saturated heterocycles. The van der Waals surface area contributed by atoms with Gasteiger partial charge >= 0.3 is 0 Å². The van der Waals surface area contributed by atoms with Crippen molar-refractivity contribution in [3.05, 3.63) is 70.8 Å². The van der Waals surface area contributed by atoms with Crippen LogP contribution in [0.3, 0.4) is 0 Å². The van der Waals surface area contributed by atoms with Crippen LogP contribution in [0.15, 0.2) is 59.7 Å². The van der Waals surface area contributed by atoms with E-state index in [0.29, 0.717) is 40.8 Å². The number of hydrogen-bond donors (Lipinski definition) is 1. The Kier molecular flexibility index (Phi) is 5.54. The second-order valence-corrected chi connectivity index (χ2v) is 7.62. The summed E-state index contributed by atoms with van der Waals surface area (Å²) in [4.78, 5) is 25.5. The van der Waals surface area contributed by atoms with Crippen LogP contribution in [-0.4, -0.2) is 41.1 Å². The summed E-state index contributed by atoms with van der Waals surface area (Å²) in [5.41, 5.74) is 2.28. The van der Waals surface area contributed by atoms with Crippen LogP contribution >= 0.6 is 0 Å². The maximum absolute atomic E-state index is 13.0. The van der Waals surface area contributed by atoms with E-state index in [9.17, 15) is 9.59 Å². The molecule has 4 aromatic rings. The first-order valence-corrected chi connectivity index (χ1v) is 10.5. The molecule has 10 heteroatoms. The van der Waals surface area contributed by atoms with Gasteiger partial charge in [-0.05, 0) is 42.0 Å². The number of amides is 1. The summed E-state index contributed by atoms with van der Waals surface area (Å²) in [6.45, 7) is 0.387. The molecule has 34 heavy (non-hydrogen) atoms. The summed E-state index contributed by atoms with van der Waals surface area (Å²) in [5, 5.41) is 7.31. The van der Waals surface area contributed by atoms with Crippen LogP contribution in [0.25, 0.3) is 16.8 Å². The van der Waals surface area contributed by atoms with Gasteiger partial charge in [-0.3, -0.25) is 9.59 Å². The van der Waals surface area contributed by atoms with Crippen LogP contribution in [0, 0.1) is 0 Å². The summed E-state index contributed by atoms with van der Waals surface area (Å²) in [6, 6.07) is 12.6. The molecule has 174 valence electrons. The largest absolute Gasteiger partial charge is 0.493 e. The number of benzene rings is 2. The van der Waals surface area contributed by atoms with E-state index in [-0.39, 0.29) is 24.8 Å². The highest BCUT2D eigenvalue weighted by Crippen LogP contribution is 2.33. The van der Waals surface area contributed by atoms with Crippen molar-refractivity contribution in [1.82, 2.24) is 19.5 Å². The fourth-order valence-corrected chi connectivity index (χ4v) is 3.75. The van der Waals surface area contributed by atoms with Crippen molar-refractivity contribution < 1.29 is 23.7 Å². The second kappa shape index (κ2) is 8.81. The molecule has 0 fully saturated rings. The minimum atomic E-state index is -0.319. The zero-order valence-electron chi connectivity index (χ0n) is 18.6. The van der Waals surface area contributed by atoms with E-state index in [1.807, 2.05) is 18.2 Å². The molecule has 0 spiro atoms. The lowest BCUT2D eigenvalue weighted by molar-refractivity contribution is -0.121. The Balaban J connectivity index is 1.32. The lowest BCUT2D eigenvalue weighted by Gasteiger charge is -2.08. The SMILES string of the molecule is COc1ccc(-c2cc3c(=O)n(CC(=O)NCc4ccc5c(c4)OCO5)ccn3n2)cc1OC. The van der Waals surface area contributed by atoms with Crippen molar-refractivity contribution in [2.75, 3.05) is 21.0 Å². The maximum Gasteiger partial charge on any atom is 0.277 e. The monoisotopic (exact) mass is 462 g/mol. The lowest BCUT2D eigenvalue weighted by atomic mass is 10.1. The fraction of sp³-hybridized carbons (Fsp3) is 0.208. The molecule has 0 atom stereocenters. The van der Waals surface area contributed by atoms with Gasteiger partial charge in [-0.15, -0.1) is 0 Å². The van der Waals surface area contributed by atoms with E-state index in [4.69, 9.17) is 18.9 Å². The number of ether oxygens (including phenoxy) is 4.